The first-order valence-corrected chi connectivity index (χ1v) is 9.07. The van der Waals surface area contributed by atoms with Crippen LogP contribution in [-0.4, -0.2) is 20.8 Å². The third kappa shape index (κ3) is 3.47. The Hall–Kier alpha value is -0.263. The lowest BCUT2D eigenvalue weighted by molar-refractivity contribution is 0.0105. The van der Waals surface area contributed by atoms with Gasteiger partial charge in [-0.1, -0.05) is 32.0 Å². The molecular formula is C12H22OSi. The lowest BCUT2D eigenvalue weighted by atomic mass is 9.85. The van der Waals surface area contributed by atoms with Gasteiger partial charge in [-0.15, -0.1) is 5.54 Å². The number of hydrogen-bond acceptors (Lipinski definition) is 1. The van der Waals surface area contributed by atoms with Crippen LogP contribution in [0.15, 0.2) is 0 Å². The van der Waals surface area contributed by atoms with Crippen LogP contribution in [0.2, 0.25) is 19.6 Å². The van der Waals surface area contributed by atoms with Crippen LogP contribution in [0.3, 0.4) is 0 Å². The van der Waals surface area contributed by atoms with E-state index in [1.165, 1.54) is 19.3 Å². The van der Waals surface area contributed by atoms with Gasteiger partial charge in [0.15, 0.2) is 0 Å². The predicted molar refractivity (Wildman–Crippen MR) is 63.9 cm³/mol. The van der Waals surface area contributed by atoms with Gasteiger partial charge >= 0.3 is 0 Å². The summed E-state index contributed by atoms with van der Waals surface area (Å²) < 4.78 is 5.62. The van der Waals surface area contributed by atoms with Crippen molar-refractivity contribution in [2.75, 3.05) is 7.11 Å². The van der Waals surface area contributed by atoms with Gasteiger partial charge in [-0.3, -0.25) is 0 Å². The molecule has 0 bridgehead atoms. The summed E-state index contributed by atoms with van der Waals surface area (Å²) in [5.74, 6) is 3.41. The lowest BCUT2D eigenvalue weighted by Gasteiger charge is -2.31. The predicted octanol–water partition coefficient (Wildman–Crippen LogP) is 3.22. The van der Waals surface area contributed by atoms with Gasteiger partial charge in [-0.05, 0) is 25.7 Å². The molecule has 0 aliphatic heterocycles. The van der Waals surface area contributed by atoms with E-state index in [1.54, 1.807) is 0 Å². The lowest BCUT2D eigenvalue weighted by Crippen LogP contribution is -2.33. The van der Waals surface area contributed by atoms with Crippen LogP contribution in [0.4, 0.5) is 0 Å². The molecule has 1 saturated carbocycles. The first kappa shape index (κ1) is 11.8. The minimum absolute atomic E-state index is 0.0987. The van der Waals surface area contributed by atoms with E-state index >= 15 is 0 Å². The molecule has 0 unspecified atom stereocenters. The third-order valence-corrected chi connectivity index (χ3v) is 3.59. The minimum atomic E-state index is -1.25. The van der Waals surface area contributed by atoms with E-state index in [-0.39, 0.29) is 5.60 Å². The molecule has 0 radical (unpaired) electrons. The summed E-state index contributed by atoms with van der Waals surface area (Å²) in [7, 11) is 0.564. The minimum Gasteiger partial charge on any atom is -0.366 e. The second-order valence-electron chi connectivity index (χ2n) is 5.26. The van der Waals surface area contributed by atoms with E-state index in [0.29, 0.717) is 0 Å². The summed E-state index contributed by atoms with van der Waals surface area (Å²) in [6, 6.07) is 0. The summed E-state index contributed by atoms with van der Waals surface area (Å²) in [5.41, 5.74) is 3.35. The molecule has 0 aromatic heterocycles. The van der Waals surface area contributed by atoms with Gasteiger partial charge in [0.1, 0.15) is 13.7 Å². The van der Waals surface area contributed by atoms with Crippen molar-refractivity contribution >= 4 is 8.07 Å². The number of hydrogen-bond donors (Lipinski definition) is 0. The zero-order valence-electron chi connectivity index (χ0n) is 9.94. The van der Waals surface area contributed by atoms with E-state index in [4.69, 9.17) is 4.74 Å². The van der Waals surface area contributed by atoms with E-state index in [2.05, 4.69) is 31.1 Å². The van der Waals surface area contributed by atoms with E-state index in [9.17, 15) is 0 Å². The molecule has 0 aromatic carbocycles. The average molecular weight is 210 g/mol. The zero-order chi connectivity index (χ0) is 10.7. The van der Waals surface area contributed by atoms with Gasteiger partial charge in [-0.2, -0.15) is 0 Å². The van der Waals surface area contributed by atoms with E-state index in [0.717, 1.165) is 12.8 Å². The Morgan fingerprint density at radius 1 is 1.07 bits per heavy atom. The monoisotopic (exact) mass is 210 g/mol. The number of rotatable bonds is 1. The molecule has 0 amide bonds. The van der Waals surface area contributed by atoms with Crippen LogP contribution < -0.4 is 0 Å². The second-order valence-corrected chi connectivity index (χ2v) is 10.0. The normalized spacial score (nSPS) is 21.1. The molecule has 1 rings (SSSR count). The molecule has 0 N–H and O–H groups in total. The Morgan fingerprint density at radius 2 is 1.64 bits per heavy atom. The second kappa shape index (κ2) is 4.50. The Kier molecular flexibility index (Phi) is 3.80. The molecule has 0 aromatic rings. The first-order chi connectivity index (χ1) is 6.47. The Morgan fingerprint density at radius 3 is 2.07 bits per heavy atom. The molecule has 2 heteroatoms. The smallest absolute Gasteiger partial charge is 0.129 e. The van der Waals surface area contributed by atoms with E-state index < -0.39 is 8.07 Å². The summed E-state index contributed by atoms with van der Waals surface area (Å²) >= 11 is 0. The molecule has 1 nitrogen and oxygen atoms in total. The molecule has 1 aliphatic rings. The van der Waals surface area contributed by atoms with Gasteiger partial charge in [0, 0.05) is 7.11 Å². The van der Waals surface area contributed by atoms with Crippen molar-refractivity contribution in [3.05, 3.63) is 0 Å². The van der Waals surface area contributed by atoms with Crippen molar-refractivity contribution in [1.29, 1.82) is 0 Å². The maximum Gasteiger partial charge on any atom is 0.129 e. The highest BCUT2D eigenvalue weighted by atomic mass is 28.3. The maximum absolute atomic E-state index is 5.62. The van der Waals surface area contributed by atoms with Crippen molar-refractivity contribution in [3.8, 4) is 11.5 Å². The molecule has 80 valence electrons. The zero-order valence-corrected chi connectivity index (χ0v) is 10.9. The molecular weight excluding hydrogens is 188 g/mol. The molecule has 0 heterocycles. The van der Waals surface area contributed by atoms with Crippen LogP contribution in [-0.2, 0) is 4.74 Å². The molecule has 1 fully saturated rings. The Balaban J connectivity index is 2.73. The van der Waals surface area contributed by atoms with Crippen LogP contribution in [0.25, 0.3) is 0 Å². The van der Waals surface area contributed by atoms with Crippen molar-refractivity contribution in [3.63, 3.8) is 0 Å². The fraction of sp³-hybridized carbons (Fsp3) is 0.833. The molecule has 1 aliphatic carbocycles. The number of methoxy groups -OCH3 is 1. The summed E-state index contributed by atoms with van der Waals surface area (Å²) in [6.07, 6.45) is 6.14. The van der Waals surface area contributed by atoms with Gasteiger partial charge in [0.2, 0.25) is 0 Å². The highest BCUT2D eigenvalue weighted by Crippen LogP contribution is 2.30. The Labute approximate surface area is 89.2 Å². The van der Waals surface area contributed by atoms with Gasteiger partial charge < -0.3 is 4.74 Å². The van der Waals surface area contributed by atoms with Crippen molar-refractivity contribution in [2.24, 2.45) is 0 Å². The van der Waals surface area contributed by atoms with Gasteiger partial charge in [0.05, 0.1) is 0 Å². The fourth-order valence-corrected chi connectivity index (χ4v) is 2.41. The maximum atomic E-state index is 5.62. The van der Waals surface area contributed by atoms with Crippen LogP contribution >= 0.6 is 0 Å². The third-order valence-electron chi connectivity index (χ3n) is 2.72. The summed E-state index contributed by atoms with van der Waals surface area (Å²) in [6.45, 7) is 6.85. The average Bonchev–Trinajstić information content (AvgIpc) is 2.15. The molecule has 0 saturated heterocycles. The number of ether oxygens (including phenoxy) is 1. The molecule has 14 heavy (non-hydrogen) atoms. The van der Waals surface area contributed by atoms with Crippen LogP contribution in [0.1, 0.15) is 32.1 Å². The largest absolute Gasteiger partial charge is 0.366 e. The highest BCUT2D eigenvalue weighted by molar-refractivity contribution is 6.83. The quantitative estimate of drug-likeness (QED) is 0.477. The standard InChI is InChI=1S/C12H22OSi/c1-13-12(8-6-5-7-9-12)10-11-14(2,3)4/h5-9H2,1-4H3. The summed E-state index contributed by atoms with van der Waals surface area (Å²) in [5, 5.41) is 0. The van der Waals surface area contributed by atoms with Crippen molar-refractivity contribution in [2.45, 2.75) is 57.3 Å². The van der Waals surface area contributed by atoms with Gasteiger partial charge in [-0.25, -0.2) is 0 Å². The summed E-state index contributed by atoms with van der Waals surface area (Å²) in [4.78, 5) is 0. The Bertz CT molecular complexity index is 235. The highest BCUT2D eigenvalue weighted by Gasteiger charge is 2.29. The van der Waals surface area contributed by atoms with Crippen molar-refractivity contribution < 1.29 is 4.74 Å². The van der Waals surface area contributed by atoms with E-state index in [1.807, 2.05) is 7.11 Å². The van der Waals surface area contributed by atoms with Crippen LogP contribution in [0.5, 0.6) is 0 Å². The SMILES string of the molecule is COC1(C#C[Si](C)(C)C)CCCCC1. The first-order valence-electron chi connectivity index (χ1n) is 5.57. The van der Waals surface area contributed by atoms with Gasteiger partial charge in [0.25, 0.3) is 0 Å². The molecule has 0 spiro atoms. The van der Waals surface area contributed by atoms with Crippen molar-refractivity contribution in [1.82, 2.24) is 0 Å². The molecule has 0 atom stereocenters. The topological polar surface area (TPSA) is 9.23 Å². The van der Waals surface area contributed by atoms with Crippen LogP contribution in [0, 0.1) is 11.5 Å². The fourth-order valence-electron chi connectivity index (χ4n) is 1.80.